The van der Waals surface area contributed by atoms with Crippen LogP contribution in [-0.4, -0.2) is 29.8 Å². The van der Waals surface area contributed by atoms with Crippen LogP contribution in [0, 0.1) is 11.8 Å². The second-order valence-electron chi connectivity index (χ2n) is 8.01. The minimum atomic E-state index is 0.00623. The second-order valence-corrected chi connectivity index (χ2v) is 8.01. The molecule has 1 saturated heterocycles. The van der Waals surface area contributed by atoms with Gasteiger partial charge in [-0.1, -0.05) is 42.5 Å². The van der Waals surface area contributed by atoms with Crippen LogP contribution in [0.15, 0.2) is 54.6 Å². The zero-order valence-electron chi connectivity index (χ0n) is 16.7. The molecule has 0 spiro atoms. The van der Waals surface area contributed by atoms with Crippen LogP contribution in [0.3, 0.4) is 0 Å². The summed E-state index contributed by atoms with van der Waals surface area (Å²) in [4.78, 5) is 26.5. The van der Waals surface area contributed by atoms with E-state index in [4.69, 9.17) is 4.74 Å². The van der Waals surface area contributed by atoms with Crippen LogP contribution in [0.25, 0.3) is 0 Å². The van der Waals surface area contributed by atoms with Crippen LogP contribution in [0.2, 0.25) is 0 Å². The first-order valence-corrected chi connectivity index (χ1v) is 10.5. The van der Waals surface area contributed by atoms with Gasteiger partial charge >= 0.3 is 0 Å². The predicted molar refractivity (Wildman–Crippen MR) is 111 cm³/mol. The van der Waals surface area contributed by atoms with E-state index in [2.05, 4.69) is 5.32 Å². The van der Waals surface area contributed by atoms with Crippen LogP contribution in [0.5, 0.6) is 5.75 Å². The molecule has 4 rings (SSSR count). The number of carbonyl (C=O) groups excluding carboxylic acids is 2. The molecule has 0 unspecified atom stereocenters. The Balaban J connectivity index is 1.19. The first-order valence-electron chi connectivity index (χ1n) is 10.5. The number of likely N-dealkylation sites (tertiary alicyclic amines) is 1. The van der Waals surface area contributed by atoms with E-state index >= 15 is 0 Å². The topological polar surface area (TPSA) is 58.6 Å². The normalized spacial score (nSPS) is 17.0. The van der Waals surface area contributed by atoms with Gasteiger partial charge in [-0.15, -0.1) is 0 Å². The monoisotopic (exact) mass is 392 g/mol. The first kappa shape index (κ1) is 19.5. The van der Waals surface area contributed by atoms with Crippen molar-refractivity contribution in [2.24, 2.45) is 11.8 Å². The molecule has 2 aliphatic rings. The Kier molecular flexibility index (Phi) is 6.13. The molecule has 1 saturated carbocycles. The van der Waals surface area contributed by atoms with Gasteiger partial charge in [-0.25, -0.2) is 0 Å². The number of hydrogen-bond donors (Lipinski definition) is 1. The van der Waals surface area contributed by atoms with Crippen LogP contribution in [-0.2, 0) is 22.7 Å². The summed E-state index contributed by atoms with van der Waals surface area (Å²) >= 11 is 0. The van der Waals surface area contributed by atoms with E-state index in [0.717, 1.165) is 42.6 Å². The van der Waals surface area contributed by atoms with Gasteiger partial charge in [-0.3, -0.25) is 9.59 Å². The Morgan fingerprint density at radius 2 is 1.55 bits per heavy atom. The van der Waals surface area contributed by atoms with Gasteiger partial charge < -0.3 is 15.0 Å². The lowest BCUT2D eigenvalue weighted by Gasteiger charge is -2.31. The van der Waals surface area contributed by atoms with Gasteiger partial charge in [-0.2, -0.15) is 0 Å². The van der Waals surface area contributed by atoms with Crippen LogP contribution in [0.4, 0.5) is 0 Å². The van der Waals surface area contributed by atoms with E-state index in [0.29, 0.717) is 32.1 Å². The summed E-state index contributed by atoms with van der Waals surface area (Å²) in [5.41, 5.74) is 2.18. The third kappa shape index (κ3) is 5.37. The zero-order valence-corrected chi connectivity index (χ0v) is 16.7. The van der Waals surface area contributed by atoms with Crippen LogP contribution >= 0.6 is 0 Å². The molecule has 1 aliphatic heterocycles. The fourth-order valence-corrected chi connectivity index (χ4v) is 3.73. The van der Waals surface area contributed by atoms with Crippen LogP contribution < -0.4 is 10.1 Å². The van der Waals surface area contributed by atoms with Gasteiger partial charge in [0, 0.05) is 31.5 Å². The second kappa shape index (κ2) is 9.12. The maximum absolute atomic E-state index is 12.5. The molecule has 5 heteroatoms. The van der Waals surface area contributed by atoms with Crippen molar-refractivity contribution in [2.75, 3.05) is 13.1 Å². The standard InChI is InChI=1S/C24H28N2O3/c27-23(20-12-14-26(15-13-20)24(28)21-8-9-21)25-16-18-6-10-22(11-7-18)29-17-19-4-2-1-3-5-19/h1-7,10-11,20-21H,8-9,12-17H2,(H,25,27). The Labute approximate surface area is 172 Å². The molecule has 2 fully saturated rings. The fraction of sp³-hybridized carbons (Fsp3) is 0.417. The van der Waals surface area contributed by atoms with Gasteiger partial charge in [0.2, 0.25) is 11.8 Å². The Morgan fingerprint density at radius 3 is 2.21 bits per heavy atom. The lowest BCUT2D eigenvalue weighted by Crippen LogP contribution is -2.43. The number of amides is 2. The highest BCUT2D eigenvalue weighted by molar-refractivity contribution is 5.82. The molecule has 1 aliphatic carbocycles. The van der Waals surface area contributed by atoms with Crippen molar-refractivity contribution in [3.05, 3.63) is 65.7 Å². The average Bonchev–Trinajstić information content (AvgIpc) is 3.62. The highest BCUT2D eigenvalue weighted by Gasteiger charge is 2.35. The summed E-state index contributed by atoms with van der Waals surface area (Å²) in [5, 5.41) is 3.04. The fourth-order valence-electron chi connectivity index (χ4n) is 3.73. The van der Waals surface area contributed by atoms with Gasteiger partial charge in [0.25, 0.3) is 0 Å². The number of carbonyl (C=O) groups is 2. The van der Waals surface area contributed by atoms with E-state index in [1.54, 1.807) is 0 Å². The van der Waals surface area contributed by atoms with E-state index in [-0.39, 0.29) is 17.7 Å². The summed E-state index contributed by atoms with van der Waals surface area (Å²) in [7, 11) is 0. The average molecular weight is 392 g/mol. The van der Waals surface area contributed by atoms with E-state index in [1.165, 1.54) is 0 Å². The van der Waals surface area contributed by atoms with Crippen molar-refractivity contribution in [2.45, 2.75) is 38.8 Å². The SMILES string of the molecule is O=C(NCc1ccc(OCc2ccccc2)cc1)C1CCN(C(=O)C2CC2)CC1. The van der Waals surface area contributed by atoms with Crippen molar-refractivity contribution in [3.63, 3.8) is 0 Å². The van der Waals surface area contributed by atoms with Crippen LogP contribution in [0.1, 0.15) is 36.8 Å². The van der Waals surface area contributed by atoms with E-state index < -0.39 is 0 Å². The maximum Gasteiger partial charge on any atom is 0.225 e. The number of nitrogens with zero attached hydrogens (tertiary/aromatic N) is 1. The summed E-state index contributed by atoms with van der Waals surface area (Å²) < 4.78 is 5.80. The molecule has 29 heavy (non-hydrogen) atoms. The molecule has 1 N–H and O–H groups in total. The third-order valence-electron chi connectivity index (χ3n) is 5.74. The maximum atomic E-state index is 12.5. The molecule has 1 heterocycles. The summed E-state index contributed by atoms with van der Waals surface area (Å²) in [6.45, 7) is 2.47. The van der Waals surface area contributed by atoms with E-state index in [1.807, 2.05) is 59.5 Å². The highest BCUT2D eigenvalue weighted by atomic mass is 16.5. The number of nitrogens with one attached hydrogen (secondary N) is 1. The Morgan fingerprint density at radius 1 is 0.862 bits per heavy atom. The third-order valence-corrected chi connectivity index (χ3v) is 5.74. The molecule has 0 radical (unpaired) electrons. The minimum absolute atomic E-state index is 0.00623. The summed E-state index contributed by atoms with van der Waals surface area (Å²) in [5.74, 6) is 1.47. The van der Waals surface area contributed by atoms with Gasteiger partial charge in [0.15, 0.2) is 0 Å². The molecule has 2 aromatic rings. The lowest BCUT2D eigenvalue weighted by atomic mass is 9.95. The van der Waals surface area contributed by atoms with E-state index in [9.17, 15) is 9.59 Å². The Hall–Kier alpha value is -2.82. The molecular weight excluding hydrogens is 364 g/mol. The number of piperidine rings is 1. The lowest BCUT2D eigenvalue weighted by molar-refractivity contribution is -0.136. The Bertz CT molecular complexity index is 823. The van der Waals surface area contributed by atoms with Crippen molar-refractivity contribution >= 4 is 11.8 Å². The summed E-state index contributed by atoms with van der Waals surface area (Å²) in [6, 6.07) is 17.9. The van der Waals surface area contributed by atoms with Crippen molar-refractivity contribution in [1.82, 2.24) is 10.2 Å². The smallest absolute Gasteiger partial charge is 0.225 e. The summed E-state index contributed by atoms with van der Waals surface area (Å²) in [6.07, 6.45) is 3.60. The number of hydrogen-bond acceptors (Lipinski definition) is 3. The highest BCUT2D eigenvalue weighted by Crippen LogP contribution is 2.32. The quantitative estimate of drug-likeness (QED) is 0.784. The van der Waals surface area contributed by atoms with Crippen molar-refractivity contribution in [1.29, 1.82) is 0 Å². The molecule has 5 nitrogen and oxygen atoms in total. The minimum Gasteiger partial charge on any atom is -0.489 e. The van der Waals surface area contributed by atoms with Crippen molar-refractivity contribution in [3.8, 4) is 5.75 Å². The molecule has 0 aromatic heterocycles. The molecule has 2 amide bonds. The molecule has 152 valence electrons. The molecule has 2 aromatic carbocycles. The number of rotatable bonds is 7. The zero-order chi connectivity index (χ0) is 20.1. The van der Waals surface area contributed by atoms with Gasteiger partial charge in [-0.05, 0) is 48.9 Å². The first-order chi connectivity index (χ1) is 14.2. The molecular formula is C24H28N2O3. The largest absolute Gasteiger partial charge is 0.489 e. The predicted octanol–water partition coefficient (Wildman–Crippen LogP) is 3.53. The van der Waals surface area contributed by atoms with Gasteiger partial charge in [0.05, 0.1) is 0 Å². The van der Waals surface area contributed by atoms with Gasteiger partial charge in [0.1, 0.15) is 12.4 Å². The van der Waals surface area contributed by atoms with Crippen molar-refractivity contribution < 1.29 is 14.3 Å². The number of ether oxygens (including phenoxy) is 1. The molecule has 0 bridgehead atoms. The molecule has 0 atom stereocenters. The number of benzene rings is 2.